The lowest BCUT2D eigenvalue weighted by atomic mass is 10.0. The average Bonchev–Trinajstić information content (AvgIpc) is 3.88. The second kappa shape index (κ2) is 22.7. The number of benzene rings is 4. The summed E-state index contributed by atoms with van der Waals surface area (Å²) in [4.78, 5) is 21.4. The van der Waals surface area contributed by atoms with Crippen molar-refractivity contribution in [3.63, 3.8) is 0 Å². The van der Waals surface area contributed by atoms with Crippen molar-refractivity contribution in [2.24, 2.45) is 0 Å². The van der Waals surface area contributed by atoms with Gasteiger partial charge >= 0.3 is 6.03 Å². The molecule has 2 amide bonds. The number of carbonyl (C=O) groups is 1. The molecule has 5 N–H and O–H groups in total. The number of rotatable bonds is 14. The molecule has 5 aromatic rings. The van der Waals surface area contributed by atoms with Gasteiger partial charge in [0.15, 0.2) is 0 Å². The number of nitrogens with zero attached hydrogens (tertiary/aromatic N) is 5. The van der Waals surface area contributed by atoms with Gasteiger partial charge in [-0.05, 0) is 87.0 Å². The van der Waals surface area contributed by atoms with Gasteiger partial charge in [-0.3, -0.25) is 0 Å². The van der Waals surface area contributed by atoms with E-state index in [1.54, 1.807) is 0 Å². The smallest absolute Gasteiger partial charge is 0.319 e. The minimum Gasteiger partial charge on any atom is -0.491 e. The zero-order chi connectivity index (χ0) is 39.1. The Kier molecular flexibility index (Phi) is 18.8. The highest BCUT2D eigenvalue weighted by Crippen LogP contribution is 2.38. The van der Waals surface area contributed by atoms with Crippen LogP contribution in [0.3, 0.4) is 0 Å². The summed E-state index contributed by atoms with van der Waals surface area (Å²) in [6, 6.07) is 29.4. The summed E-state index contributed by atoms with van der Waals surface area (Å²) < 4.78 is 48.5. The second-order valence-electron chi connectivity index (χ2n) is 14.3. The van der Waals surface area contributed by atoms with Crippen LogP contribution >= 0.6 is 37.2 Å². The number of urea groups is 1. The van der Waals surface area contributed by atoms with Gasteiger partial charge in [0.1, 0.15) is 49.3 Å². The molecule has 18 heteroatoms. The number of piperazine rings is 1. The number of hydrogen-bond donors (Lipinski definition) is 3. The highest BCUT2D eigenvalue weighted by Gasteiger charge is 2.46. The molecule has 2 aliphatic rings. The molecule has 1 aromatic heterocycles. The molecule has 13 nitrogen and oxygen atoms in total. The quantitative estimate of drug-likeness (QED) is 0.108. The minimum atomic E-state index is -1.52. The maximum absolute atomic E-state index is 14.9. The van der Waals surface area contributed by atoms with Crippen LogP contribution in [0.15, 0.2) is 110 Å². The normalized spacial score (nSPS) is 18.6. The predicted molar refractivity (Wildman–Crippen MR) is 236 cm³/mol. The number of halogens is 5. The number of anilines is 3. The molecule has 0 aliphatic carbocycles. The van der Waals surface area contributed by atoms with Gasteiger partial charge in [-0.2, -0.15) is 5.10 Å². The fraction of sp³-hybridized carbons (Fsp3) is 0.357. The standard InChI is InChI=1S/C42H48F2N8O4.3ClH.H2O/c1-29(47-31(3)32-7-5-4-6-8-32)30(2)48-41(53)49-34-10-12-35(13-11-34)50-19-21-51(22-20-50)36-14-16-37(17-15-36)54-24-38-25-55-42(56-38,26-52-28-45-27-46-52)39-18-9-33(43)23-40(39)44;;;;/h4-18,23,27-31,38,47H,19-22,24-26H2,1-3H3,(H2,48,49,53);3*1H;1H2/t29-,30-,31?,38+,42?;;;;/m0..../s1. The van der Waals surface area contributed by atoms with E-state index in [1.807, 2.05) is 73.7 Å². The van der Waals surface area contributed by atoms with Gasteiger partial charge in [0, 0.05) is 73.0 Å². The molecule has 4 aromatic carbocycles. The number of amides is 2. The molecular weight excluding hydrogens is 841 g/mol. The third-order valence-electron chi connectivity index (χ3n) is 10.4. The van der Waals surface area contributed by atoms with Gasteiger partial charge in [0.05, 0.1) is 6.61 Å². The van der Waals surface area contributed by atoms with E-state index in [0.717, 1.165) is 49.3 Å². The van der Waals surface area contributed by atoms with Gasteiger partial charge in [-0.15, -0.1) is 37.2 Å². The van der Waals surface area contributed by atoms with E-state index in [9.17, 15) is 13.6 Å². The van der Waals surface area contributed by atoms with Crippen LogP contribution in [0.25, 0.3) is 0 Å². The Morgan fingerprint density at radius 1 is 0.867 bits per heavy atom. The van der Waals surface area contributed by atoms with E-state index < -0.39 is 23.5 Å². The van der Waals surface area contributed by atoms with Gasteiger partial charge in [-0.1, -0.05) is 30.3 Å². The van der Waals surface area contributed by atoms with Gasteiger partial charge < -0.3 is 45.4 Å². The summed E-state index contributed by atoms with van der Waals surface area (Å²) in [6.45, 7) is 9.92. The molecule has 0 radical (unpaired) electrons. The van der Waals surface area contributed by atoms with Crippen molar-refractivity contribution in [1.29, 1.82) is 0 Å². The molecule has 2 unspecified atom stereocenters. The Morgan fingerprint density at radius 2 is 1.50 bits per heavy atom. The fourth-order valence-corrected chi connectivity index (χ4v) is 7.08. The number of nitrogens with one attached hydrogen (secondary N) is 3. The zero-order valence-electron chi connectivity index (χ0n) is 33.5. The van der Waals surface area contributed by atoms with E-state index in [2.05, 4.69) is 61.8 Å². The summed E-state index contributed by atoms with van der Waals surface area (Å²) in [5, 5.41) is 13.7. The number of hydrogen-bond acceptors (Lipinski definition) is 9. The average molecular weight is 894 g/mol. The number of carbonyl (C=O) groups excluding carboxylic acids is 1. The van der Waals surface area contributed by atoms with Crippen LogP contribution in [-0.4, -0.2) is 83.9 Å². The minimum absolute atomic E-state index is 0. The van der Waals surface area contributed by atoms with Crippen LogP contribution in [0.5, 0.6) is 5.75 Å². The number of ether oxygens (including phenoxy) is 3. The van der Waals surface area contributed by atoms with Crippen molar-refractivity contribution < 1.29 is 33.3 Å². The molecule has 326 valence electrons. The molecule has 2 aliphatic heterocycles. The Hall–Kier alpha value is -4.74. The van der Waals surface area contributed by atoms with E-state index >= 15 is 0 Å². The van der Waals surface area contributed by atoms with Gasteiger partial charge in [0.2, 0.25) is 5.79 Å². The third-order valence-corrected chi connectivity index (χ3v) is 10.4. The first kappa shape index (κ1) is 49.6. The molecule has 60 heavy (non-hydrogen) atoms. The molecule has 2 saturated heterocycles. The largest absolute Gasteiger partial charge is 0.491 e. The second-order valence-corrected chi connectivity index (χ2v) is 14.3. The van der Waals surface area contributed by atoms with Crippen LogP contribution in [0.2, 0.25) is 0 Å². The molecule has 0 saturated carbocycles. The van der Waals surface area contributed by atoms with Gasteiger partial charge in [-0.25, -0.2) is 23.2 Å². The lowest BCUT2D eigenvalue weighted by molar-refractivity contribution is -0.192. The first-order valence-corrected chi connectivity index (χ1v) is 19.0. The topological polar surface area (TPSA) is 150 Å². The fourth-order valence-electron chi connectivity index (χ4n) is 7.08. The van der Waals surface area contributed by atoms with E-state index in [4.69, 9.17) is 14.2 Å². The summed E-state index contributed by atoms with van der Waals surface area (Å²) in [6.07, 6.45) is 2.34. The van der Waals surface area contributed by atoms with Crippen LogP contribution in [0, 0.1) is 11.6 Å². The Bertz CT molecular complexity index is 2040. The van der Waals surface area contributed by atoms with E-state index in [0.29, 0.717) is 5.75 Å². The van der Waals surface area contributed by atoms with Crippen molar-refractivity contribution in [2.45, 2.75) is 57.3 Å². The van der Waals surface area contributed by atoms with E-state index in [-0.39, 0.29) is 92.2 Å². The predicted octanol–water partition coefficient (Wildman–Crippen LogP) is 6.92. The van der Waals surface area contributed by atoms with Crippen molar-refractivity contribution in [2.75, 3.05) is 54.5 Å². The first-order chi connectivity index (χ1) is 27.1. The van der Waals surface area contributed by atoms with Crippen LogP contribution in [-0.2, 0) is 21.8 Å². The van der Waals surface area contributed by atoms with Crippen molar-refractivity contribution in [1.82, 2.24) is 25.4 Å². The van der Waals surface area contributed by atoms with Crippen LogP contribution in [0.4, 0.5) is 30.6 Å². The van der Waals surface area contributed by atoms with Crippen molar-refractivity contribution >= 4 is 60.3 Å². The third kappa shape index (κ3) is 12.4. The zero-order valence-corrected chi connectivity index (χ0v) is 36.0. The molecule has 0 bridgehead atoms. The van der Waals surface area contributed by atoms with E-state index in [1.165, 1.54) is 35.0 Å². The summed E-state index contributed by atoms with van der Waals surface area (Å²) in [5.74, 6) is -2.31. The Morgan fingerprint density at radius 3 is 2.10 bits per heavy atom. The SMILES string of the molecule is CC(N[C@@H](C)[C@H](C)NC(=O)Nc1ccc(N2CCN(c3ccc(OC[C@@H]4COC(Cn5cncn5)(c5ccc(F)cc5F)O4)cc3)CC2)cc1)c1ccccc1.Cl.Cl.Cl.O. The summed E-state index contributed by atoms with van der Waals surface area (Å²) in [7, 11) is 0. The molecule has 3 heterocycles. The lowest BCUT2D eigenvalue weighted by Crippen LogP contribution is -2.48. The van der Waals surface area contributed by atoms with Crippen LogP contribution in [0.1, 0.15) is 37.9 Å². The van der Waals surface area contributed by atoms with Gasteiger partial charge in [0.25, 0.3) is 0 Å². The Balaban J connectivity index is 0.00000240. The molecule has 2 fully saturated rings. The highest BCUT2D eigenvalue weighted by atomic mass is 35.5. The maximum Gasteiger partial charge on any atom is 0.319 e. The molecular formula is C42H53Cl3F2N8O5. The molecule has 0 spiro atoms. The number of aromatic nitrogens is 3. The highest BCUT2D eigenvalue weighted by molar-refractivity contribution is 5.89. The molecule has 7 rings (SSSR count). The maximum atomic E-state index is 14.9. The van der Waals surface area contributed by atoms with Crippen molar-refractivity contribution in [3.05, 3.63) is 132 Å². The summed E-state index contributed by atoms with van der Waals surface area (Å²) in [5.41, 5.74) is 4.21. The summed E-state index contributed by atoms with van der Waals surface area (Å²) >= 11 is 0. The monoisotopic (exact) mass is 892 g/mol. The Labute approximate surface area is 367 Å². The molecule has 5 atom stereocenters. The first-order valence-electron chi connectivity index (χ1n) is 19.0. The van der Waals surface area contributed by atoms with Crippen LogP contribution < -0.4 is 30.5 Å². The van der Waals surface area contributed by atoms with Crippen molar-refractivity contribution in [3.8, 4) is 5.75 Å². The lowest BCUT2D eigenvalue weighted by Gasteiger charge is -2.37.